The van der Waals surface area contributed by atoms with Crippen molar-refractivity contribution in [2.45, 2.75) is 24.7 Å². The van der Waals surface area contributed by atoms with Gasteiger partial charge in [-0.05, 0) is 63.2 Å². The van der Waals surface area contributed by atoms with Crippen LogP contribution in [0.5, 0.6) is 0 Å². The second kappa shape index (κ2) is 7.89. The molecule has 120 valence electrons. The van der Waals surface area contributed by atoms with E-state index in [4.69, 9.17) is 0 Å². The molecular weight excluding hydrogens is 287 g/mol. The quantitative estimate of drug-likeness (QED) is 0.767. The lowest BCUT2D eigenvalue weighted by Crippen LogP contribution is -2.30. The highest BCUT2D eigenvalue weighted by atomic mass is 19.1. The second-order valence-electron chi connectivity index (χ2n) is 6.24. The third kappa shape index (κ3) is 4.64. The number of hydrogen-bond acceptors (Lipinski definition) is 2. The molecule has 0 bridgehead atoms. The van der Waals surface area contributed by atoms with Crippen molar-refractivity contribution in [2.75, 3.05) is 20.6 Å². The van der Waals surface area contributed by atoms with Crippen molar-refractivity contribution in [1.82, 2.24) is 4.90 Å². The number of halogens is 1. The minimum absolute atomic E-state index is 0.267. The van der Waals surface area contributed by atoms with Crippen LogP contribution in [0.15, 0.2) is 54.6 Å². The first-order valence-corrected chi connectivity index (χ1v) is 7.92. The van der Waals surface area contributed by atoms with E-state index < -0.39 is 5.41 Å². The summed E-state index contributed by atoms with van der Waals surface area (Å²) in [5.41, 5.74) is 1.53. The predicted octanol–water partition coefficient (Wildman–Crippen LogP) is 4.17. The van der Waals surface area contributed by atoms with Gasteiger partial charge in [0.25, 0.3) is 0 Å². The Labute approximate surface area is 138 Å². The lowest BCUT2D eigenvalue weighted by atomic mass is 9.74. The van der Waals surface area contributed by atoms with E-state index >= 15 is 0 Å². The maximum atomic E-state index is 13.3. The van der Waals surface area contributed by atoms with Gasteiger partial charge in [-0.15, -0.1) is 0 Å². The summed E-state index contributed by atoms with van der Waals surface area (Å²) >= 11 is 0. The van der Waals surface area contributed by atoms with Crippen molar-refractivity contribution in [3.8, 4) is 6.07 Å². The summed E-state index contributed by atoms with van der Waals surface area (Å²) < 4.78 is 13.3. The molecule has 0 heterocycles. The van der Waals surface area contributed by atoms with Crippen molar-refractivity contribution < 1.29 is 4.39 Å². The fourth-order valence-corrected chi connectivity index (χ4v) is 2.78. The Morgan fingerprint density at radius 2 is 1.65 bits per heavy atom. The van der Waals surface area contributed by atoms with Crippen LogP contribution < -0.4 is 0 Å². The Morgan fingerprint density at radius 3 is 2.22 bits per heavy atom. The molecule has 0 amide bonds. The monoisotopic (exact) mass is 310 g/mol. The third-order valence-corrected chi connectivity index (χ3v) is 4.28. The summed E-state index contributed by atoms with van der Waals surface area (Å²) in [7, 11) is 4.01. The molecule has 2 aromatic carbocycles. The molecule has 0 saturated carbocycles. The van der Waals surface area contributed by atoms with Gasteiger partial charge in [-0.25, -0.2) is 4.39 Å². The lowest BCUT2D eigenvalue weighted by molar-refractivity contribution is 0.342. The molecular formula is C20H23FN2. The van der Waals surface area contributed by atoms with Crippen LogP contribution in [-0.4, -0.2) is 25.5 Å². The van der Waals surface area contributed by atoms with Gasteiger partial charge in [0.15, 0.2) is 0 Å². The van der Waals surface area contributed by atoms with Crippen LogP contribution in [0, 0.1) is 17.1 Å². The number of rotatable bonds is 7. The van der Waals surface area contributed by atoms with Crippen LogP contribution in [0.3, 0.4) is 0 Å². The lowest BCUT2D eigenvalue weighted by Gasteiger charge is -2.29. The van der Waals surface area contributed by atoms with Gasteiger partial charge in [-0.2, -0.15) is 5.26 Å². The van der Waals surface area contributed by atoms with Gasteiger partial charge in [0.05, 0.1) is 11.5 Å². The Kier molecular flexibility index (Phi) is 5.90. The Balaban J connectivity index is 2.25. The van der Waals surface area contributed by atoms with Crippen molar-refractivity contribution in [3.63, 3.8) is 0 Å². The van der Waals surface area contributed by atoms with Gasteiger partial charge in [0.1, 0.15) is 5.82 Å². The summed E-state index contributed by atoms with van der Waals surface area (Å²) in [6, 6.07) is 19.1. The van der Waals surface area contributed by atoms with Gasteiger partial charge in [-0.1, -0.05) is 42.5 Å². The largest absolute Gasteiger partial charge is 0.309 e. The molecule has 0 saturated heterocycles. The van der Waals surface area contributed by atoms with Crippen LogP contribution in [0.1, 0.15) is 24.0 Å². The topological polar surface area (TPSA) is 27.0 Å². The maximum absolute atomic E-state index is 13.3. The normalized spacial score (nSPS) is 13.5. The summed E-state index contributed by atoms with van der Waals surface area (Å²) in [6.45, 7) is 0.819. The Morgan fingerprint density at radius 1 is 1.00 bits per heavy atom. The van der Waals surface area contributed by atoms with Gasteiger partial charge >= 0.3 is 0 Å². The molecule has 0 spiro atoms. The first-order valence-electron chi connectivity index (χ1n) is 7.92. The summed E-state index contributed by atoms with van der Waals surface area (Å²) in [4.78, 5) is 2.08. The minimum atomic E-state index is -0.589. The molecule has 0 radical (unpaired) electrons. The minimum Gasteiger partial charge on any atom is -0.309 e. The standard InChI is InChI=1S/C20H23FN2/c1-23(2)15-14-20(16-22,18-8-10-19(21)11-9-18)13-12-17-6-4-3-5-7-17/h3-11H,12-15H2,1-2H3. The highest BCUT2D eigenvalue weighted by molar-refractivity contribution is 5.33. The van der Waals surface area contributed by atoms with Crippen molar-refractivity contribution >= 4 is 0 Å². The van der Waals surface area contributed by atoms with Crippen molar-refractivity contribution in [3.05, 3.63) is 71.5 Å². The smallest absolute Gasteiger partial charge is 0.123 e. The van der Waals surface area contributed by atoms with E-state index in [1.165, 1.54) is 17.7 Å². The molecule has 0 aliphatic rings. The summed E-state index contributed by atoms with van der Waals surface area (Å²) in [6.07, 6.45) is 2.29. The van der Waals surface area contributed by atoms with E-state index in [1.54, 1.807) is 12.1 Å². The number of aryl methyl sites for hydroxylation is 1. The third-order valence-electron chi connectivity index (χ3n) is 4.28. The van der Waals surface area contributed by atoms with E-state index in [1.807, 2.05) is 32.3 Å². The Bertz CT molecular complexity index is 644. The fraction of sp³-hybridized carbons (Fsp3) is 0.350. The van der Waals surface area contributed by atoms with Crippen LogP contribution >= 0.6 is 0 Å². The molecule has 0 fully saturated rings. The van der Waals surface area contributed by atoms with Crippen LogP contribution in [0.2, 0.25) is 0 Å². The maximum Gasteiger partial charge on any atom is 0.123 e. The van der Waals surface area contributed by atoms with E-state index in [2.05, 4.69) is 23.1 Å². The molecule has 23 heavy (non-hydrogen) atoms. The van der Waals surface area contributed by atoms with Gasteiger partial charge in [0.2, 0.25) is 0 Å². The SMILES string of the molecule is CN(C)CCC(C#N)(CCc1ccccc1)c1ccc(F)cc1. The molecule has 3 heteroatoms. The zero-order valence-corrected chi connectivity index (χ0v) is 13.8. The first kappa shape index (κ1) is 17.2. The highest BCUT2D eigenvalue weighted by Gasteiger charge is 2.32. The molecule has 0 aliphatic carbocycles. The summed E-state index contributed by atoms with van der Waals surface area (Å²) in [5.74, 6) is -0.267. The van der Waals surface area contributed by atoms with Crippen molar-refractivity contribution in [1.29, 1.82) is 5.26 Å². The van der Waals surface area contributed by atoms with E-state index in [0.717, 1.165) is 31.4 Å². The fourth-order valence-electron chi connectivity index (χ4n) is 2.78. The van der Waals surface area contributed by atoms with E-state index in [0.29, 0.717) is 0 Å². The number of nitrogens with zero attached hydrogens (tertiary/aromatic N) is 2. The molecule has 0 aliphatic heterocycles. The van der Waals surface area contributed by atoms with Gasteiger partial charge in [0, 0.05) is 0 Å². The van der Waals surface area contributed by atoms with Gasteiger partial charge in [-0.3, -0.25) is 0 Å². The molecule has 0 aromatic heterocycles. The Hall–Kier alpha value is -2.18. The number of hydrogen-bond donors (Lipinski definition) is 0. The molecule has 1 unspecified atom stereocenters. The highest BCUT2D eigenvalue weighted by Crippen LogP contribution is 2.33. The average molecular weight is 310 g/mol. The molecule has 2 nitrogen and oxygen atoms in total. The number of benzene rings is 2. The average Bonchev–Trinajstić information content (AvgIpc) is 2.57. The first-order chi connectivity index (χ1) is 11.1. The van der Waals surface area contributed by atoms with E-state index in [-0.39, 0.29) is 5.82 Å². The number of nitriles is 1. The molecule has 1 atom stereocenters. The molecule has 0 N–H and O–H groups in total. The van der Waals surface area contributed by atoms with Crippen LogP contribution in [-0.2, 0) is 11.8 Å². The molecule has 2 aromatic rings. The molecule has 2 rings (SSSR count). The van der Waals surface area contributed by atoms with Gasteiger partial charge < -0.3 is 4.90 Å². The zero-order valence-electron chi connectivity index (χ0n) is 13.8. The van der Waals surface area contributed by atoms with E-state index in [9.17, 15) is 9.65 Å². The second-order valence-corrected chi connectivity index (χ2v) is 6.24. The zero-order chi connectivity index (χ0) is 16.7. The predicted molar refractivity (Wildman–Crippen MR) is 91.6 cm³/mol. The van der Waals surface area contributed by atoms with Crippen LogP contribution in [0.4, 0.5) is 4.39 Å². The summed E-state index contributed by atoms with van der Waals surface area (Å²) in [5, 5.41) is 9.93. The van der Waals surface area contributed by atoms with Crippen LogP contribution in [0.25, 0.3) is 0 Å². The van der Waals surface area contributed by atoms with Crippen molar-refractivity contribution in [2.24, 2.45) is 0 Å².